The summed E-state index contributed by atoms with van der Waals surface area (Å²) in [4.78, 5) is 11.3. The minimum Gasteiger partial charge on any atom is -0.294 e. The van der Waals surface area contributed by atoms with Crippen LogP contribution in [-0.4, -0.2) is 5.78 Å². The molecule has 1 aromatic carbocycles. The number of nitrogens with zero attached hydrogens (tertiary/aromatic N) is 1. The number of carbonyl (C=O) groups excluding carboxylic acids is 1. The Labute approximate surface area is 124 Å². The summed E-state index contributed by atoms with van der Waals surface area (Å²) in [6, 6.07) is 2.90. The van der Waals surface area contributed by atoms with Gasteiger partial charge in [-0.3, -0.25) is 4.79 Å². The topological polar surface area (TPSA) is 53.3 Å². The Morgan fingerprint density at radius 1 is 1.29 bits per heavy atom. The molecule has 0 saturated heterocycles. The van der Waals surface area contributed by atoms with Gasteiger partial charge in [-0.1, -0.05) is 12.7 Å². The normalized spacial score (nSPS) is 12.7. The van der Waals surface area contributed by atoms with Crippen LogP contribution >= 0.6 is 0 Å². The van der Waals surface area contributed by atoms with Gasteiger partial charge in [-0.15, -0.1) is 0 Å². The molecule has 0 atom stereocenters. The predicted molar refractivity (Wildman–Crippen MR) is 82.8 cm³/mol. The first-order valence-electron chi connectivity index (χ1n) is 6.52. The highest BCUT2D eigenvalue weighted by Crippen LogP contribution is 2.25. The average molecular weight is 286 g/mol. The van der Waals surface area contributed by atoms with E-state index < -0.39 is 5.82 Å². The summed E-state index contributed by atoms with van der Waals surface area (Å²) in [6.07, 6.45) is 3.32. The van der Waals surface area contributed by atoms with Crippen molar-refractivity contribution >= 4 is 11.4 Å². The number of allylic oxidation sites excluding steroid dienone is 4. The van der Waals surface area contributed by atoms with Crippen LogP contribution in [0.3, 0.4) is 0 Å². The Bertz CT molecular complexity index is 670. The van der Waals surface area contributed by atoms with E-state index in [9.17, 15) is 9.18 Å². The van der Waals surface area contributed by atoms with Gasteiger partial charge in [0.2, 0.25) is 0 Å². The van der Waals surface area contributed by atoms with E-state index in [4.69, 9.17) is 5.53 Å². The van der Waals surface area contributed by atoms with Crippen LogP contribution in [0.5, 0.6) is 0 Å². The molecule has 0 fully saturated rings. The van der Waals surface area contributed by atoms with E-state index in [0.29, 0.717) is 11.3 Å². The van der Waals surface area contributed by atoms with Gasteiger partial charge in [-0.25, -0.2) is 9.92 Å². The lowest BCUT2D eigenvalue weighted by atomic mass is 9.96. The molecule has 21 heavy (non-hydrogen) atoms. The van der Waals surface area contributed by atoms with Crippen molar-refractivity contribution in [3.05, 3.63) is 64.6 Å². The van der Waals surface area contributed by atoms with Crippen molar-refractivity contribution in [1.29, 1.82) is 5.53 Å². The average Bonchev–Trinajstić information content (AvgIpc) is 2.45. The molecule has 0 aliphatic rings. The number of benzene rings is 1. The van der Waals surface area contributed by atoms with Gasteiger partial charge in [0.1, 0.15) is 5.82 Å². The summed E-state index contributed by atoms with van der Waals surface area (Å²) in [5.41, 5.74) is 10.8. The van der Waals surface area contributed by atoms with Crippen molar-refractivity contribution in [2.45, 2.75) is 27.7 Å². The standard InChI is InChI=1S/C17H19FN2O/c1-6-10(2)17(20-19)8-12(4)14-9-16(18)15(13(5)21)7-11(14)3/h6-9,19H,1H2,2-5H3/b12-8+,17-10+,20-19?. The van der Waals surface area contributed by atoms with Crippen LogP contribution in [0.1, 0.15) is 42.3 Å². The molecule has 1 N–H and O–H groups in total. The van der Waals surface area contributed by atoms with Crippen LogP contribution in [0.25, 0.3) is 5.57 Å². The van der Waals surface area contributed by atoms with Crippen LogP contribution in [0, 0.1) is 18.3 Å². The van der Waals surface area contributed by atoms with Gasteiger partial charge < -0.3 is 0 Å². The number of hydrogen-bond acceptors (Lipinski definition) is 3. The number of aryl methyl sites for hydroxylation is 1. The van der Waals surface area contributed by atoms with Crippen LogP contribution in [0.15, 0.2) is 47.2 Å². The molecule has 0 aliphatic heterocycles. The molecule has 4 heteroatoms. The number of carbonyl (C=O) groups is 1. The second kappa shape index (κ2) is 6.88. The molecule has 0 saturated carbocycles. The number of nitrogens with one attached hydrogen (secondary N) is 1. The van der Waals surface area contributed by atoms with Crippen molar-refractivity contribution in [2.24, 2.45) is 5.11 Å². The lowest BCUT2D eigenvalue weighted by Crippen LogP contribution is -2.00. The third-order valence-corrected chi connectivity index (χ3v) is 3.30. The molecule has 0 heterocycles. The zero-order chi connectivity index (χ0) is 16.2. The van der Waals surface area contributed by atoms with Crippen molar-refractivity contribution in [2.75, 3.05) is 0 Å². The molecule has 0 spiro atoms. The lowest BCUT2D eigenvalue weighted by Gasteiger charge is -2.10. The Morgan fingerprint density at radius 3 is 2.38 bits per heavy atom. The highest BCUT2D eigenvalue weighted by atomic mass is 19.1. The lowest BCUT2D eigenvalue weighted by molar-refractivity contribution is 0.101. The summed E-state index contributed by atoms with van der Waals surface area (Å²) in [6.45, 7) is 10.4. The van der Waals surface area contributed by atoms with E-state index in [1.807, 2.05) is 13.8 Å². The summed E-state index contributed by atoms with van der Waals surface area (Å²) in [7, 11) is 0. The maximum absolute atomic E-state index is 13.9. The maximum atomic E-state index is 13.9. The van der Waals surface area contributed by atoms with Gasteiger partial charge in [0.05, 0.1) is 11.3 Å². The minimum absolute atomic E-state index is 0.0901. The fourth-order valence-electron chi connectivity index (χ4n) is 2.00. The molecule has 0 amide bonds. The molecule has 0 radical (unpaired) electrons. The van der Waals surface area contributed by atoms with E-state index >= 15 is 0 Å². The van der Waals surface area contributed by atoms with Gasteiger partial charge in [0.25, 0.3) is 0 Å². The first kappa shape index (κ1) is 16.7. The van der Waals surface area contributed by atoms with Gasteiger partial charge in [-0.05, 0) is 68.2 Å². The first-order valence-corrected chi connectivity index (χ1v) is 6.52. The van der Waals surface area contributed by atoms with E-state index in [-0.39, 0.29) is 11.3 Å². The zero-order valence-corrected chi connectivity index (χ0v) is 12.7. The number of hydrogen-bond donors (Lipinski definition) is 1. The molecular formula is C17H19FN2O. The van der Waals surface area contributed by atoms with Gasteiger partial charge >= 0.3 is 0 Å². The quantitative estimate of drug-likeness (QED) is 0.449. The largest absolute Gasteiger partial charge is 0.294 e. The van der Waals surface area contributed by atoms with Crippen LogP contribution in [-0.2, 0) is 0 Å². The second-order valence-corrected chi connectivity index (χ2v) is 4.91. The van der Waals surface area contributed by atoms with Crippen molar-refractivity contribution in [3.63, 3.8) is 0 Å². The van der Waals surface area contributed by atoms with E-state index in [1.54, 1.807) is 25.1 Å². The molecule has 1 aromatic rings. The molecule has 0 aromatic heterocycles. The highest BCUT2D eigenvalue weighted by molar-refractivity contribution is 5.95. The van der Waals surface area contributed by atoms with Crippen molar-refractivity contribution in [3.8, 4) is 0 Å². The minimum atomic E-state index is -0.537. The smallest absolute Gasteiger partial charge is 0.162 e. The van der Waals surface area contributed by atoms with Gasteiger partial charge in [0, 0.05) is 0 Å². The van der Waals surface area contributed by atoms with Crippen molar-refractivity contribution < 1.29 is 9.18 Å². The first-order chi connectivity index (χ1) is 9.81. The molecule has 0 unspecified atom stereocenters. The number of halogens is 1. The predicted octanol–water partition coefficient (Wildman–Crippen LogP) is 5.23. The summed E-state index contributed by atoms with van der Waals surface area (Å²) in [5, 5.41) is 3.46. The van der Waals surface area contributed by atoms with E-state index in [0.717, 1.165) is 16.7 Å². The maximum Gasteiger partial charge on any atom is 0.162 e. The summed E-state index contributed by atoms with van der Waals surface area (Å²) in [5.74, 6) is -0.835. The van der Waals surface area contributed by atoms with Crippen LogP contribution in [0.4, 0.5) is 4.39 Å². The van der Waals surface area contributed by atoms with E-state index in [2.05, 4.69) is 11.7 Å². The highest BCUT2D eigenvalue weighted by Gasteiger charge is 2.12. The number of Topliss-reactive ketones (excluding diaryl/α,β-unsaturated/α-hetero) is 1. The molecule has 3 nitrogen and oxygen atoms in total. The fourth-order valence-corrected chi connectivity index (χ4v) is 2.00. The Hall–Kier alpha value is -2.36. The Morgan fingerprint density at radius 2 is 1.90 bits per heavy atom. The molecule has 0 bridgehead atoms. The number of ketones is 1. The third kappa shape index (κ3) is 3.81. The number of rotatable bonds is 5. The summed E-state index contributed by atoms with van der Waals surface area (Å²) < 4.78 is 13.9. The Kier molecular flexibility index (Phi) is 5.47. The second-order valence-electron chi connectivity index (χ2n) is 4.91. The Balaban J connectivity index is 3.41. The molecule has 1 rings (SSSR count). The monoisotopic (exact) mass is 286 g/mol. The van der Waals surface area contributed by atoms with Gasteiger partial charge in [-0.2, -0.15) is 5.11 Å². The van der Waals surface area contributed by atoms with Gasteiger partial charge in [0.15, 0.2) is 5.78 Å². The van der Waals surface area contributed by atoms with Crippen LogP contribution in [0.2, 0.25) is 0 Å². The third-order valence-electron chi connectivity index (χ3n) is 3.30. The molecular weight excluding hydrogens is 267 g/mol. The summed E-state index contributed by atoms with van der Waals surface area (Å²) >= 11 is 0. The molecule has 110 valence electrons. The SMILES string of the molecule is C=C/C(C)=C(\C=C(/C)c1cc(F)c(C(C)=O)cc1C)N=N. The zero-order valence-electron chi connectivity index (χ0n) is 12.7. The fraction of sp³-hybridized carbons (Fsp3) is 0.235. The van der Waals surface area contributed by atoms with E-state index in [1.165, 1.54) is 13.0 Å². The van der Waals surface area contributed by atoms with Crippen LogP contribution < -0.4 is 0 Å². The molecule has 0 aliphatic carbocycles. The van der Waals surface area contributed by atoms with Crippen molar-refractivity contribution in [1.82, 2.24) is 0 Å².